The summed E-state index contributed by atoms with van der Waals surface area (Å²) in [7, 11) is 0. The van der Waals surface area contributed by atoms with Crippen molar-refractivity contribution >= 4 is 49.6 Å². The molecule has 8 aromatic rings. The fourth-order valence-electron chi connectivity index (χ4n) is 8.29. The topological polar surface area (TPSA) is 8.17 Å². The lowest BCUT2D eigenvalue weighted by Gasteiger charge is -2.42. The Hall–Kier alpha value is -5.60. The summed E-state index contributed by atoms with van der Waals surface area (Å²) in [6.07, 6.45) is 2.40. The lowest BCUT2D eigenvalue weighted by Crippen LogP contribution is -2.33. The molecule has 0 N–H and O–H groups in total. The van der Waals surface area contributed by atoms with Gasteiger partial charge in [0.1, 0.15) is 0 Å². The first-order chi connectivity index (χ1) is 24.3. The van der Waals surface area contributed by atoms with Crippen LogP contribution < -0.4 is 4.90 Å². The number of nitrogens with zero attached hydrogens (tertiary/aromatic N) is 2. The average Bonchev–Trinajstić information content (AvgIpc) is 3.48. The van der Waals surface area contributed by atoms with Crippen LogP contribution in [0.15, 0.2) is 158 Å². The highest BCUT2D eigenvalue weighted by atomic mass is 15.1. The molecule has 1 heterocycles. The second-order valence-electron chi connectivity index (χ2n) is 15.3. The third kappa shape index (κ3) is 5.01. The summed E-state index contributed by atoms with van der Waals surface area (Å²) in [5.41, 5.74) is 12.8. The van der Waals surface area contributed by atoms with E-state index < -0.39 is 0 Å². The van der Waals surface area contributed by atoms with E-state index in [2.05, 4.69) is 195 Å². The van der Waals surface area contributed by atoms with E-state index in [-0.39, 0.29) is 10.8 Å². The fraction of sp³-hybridized carbons (Fsp3) is 0.167. The maximum Gasteiger partial charge on any atom is 0.0561 e. The summed E-state index contributed by atoms with van der Waals surface area (Å²) < 4.78 is 2.49. The molecule has 0 bridgehead atoms. The van der Waals surface area contributed by atoms with Crippen LogP contribution in [0.2, 0.25) is 0 Å². The van der Waals surface area contributed by atoms with E-state index in [0.29, 0.717) is 0 Å². The highest BCUT2D eigenvalue weighted by Crippen LogP contribution is 2.47. The molecule has 1 aliphatic carbocycles. The molecule has 0 unspecified atom stereocenters. The zero-order valence-electron chi connectivity index (χ0n) is 29.3. The molecule has 7 aromatic carbocycles. The first-order valence-corrected chi connectivity index (χ1v) is 17.9. The van der Waals surface area contributed by atoms with Crippen molar-refractivity contribution in [1.82, 2.24) is 4.57 Å². The second kappa shape index (κ2) is 11.5. The van der Waals surface area contributed by atoms with Crippen molar-refractivity contribution in [3.05, 3.63) is 169 Å². The molecule has 0 radical (unpaired) electrons. The number of anilines is 3. The molecule has 50 heavy (non-hydrogen) atoms. The molecular formula is C48H42N2. The van der Waals surface area contributed by atoms with Crippen LogP contribution in [0, 0.1) is 0 Å². The van der Waals surface area contributed by atoms with E-state index in [9.17, 15) is 0 Å². The van der Waals surface area contributed by atoms with Gasteiger partial charge in [0, 0.05) is 33.5 Å². The first kappa shape index (κ1) is 30.5. The zero-order chi connectivity index (χ0) is 34.0. The summed E-state index contributed by atoms with van der Waals surface area (Å²) in [6.45, 7) is 9.64. The predicted molar refractivity (Wildman–Crippen MR) is 214 cm³/mol. The minimum Gasteiger partial charge on any atom is -0.310 e. The molecular weight excluding hydrogens is 605 g/mol. The Bertz CT molecular complexity index is 2530. The molecule has 2 heteroatoms. The number of benzene rings is 7. The minimum atomic E-state index is 0.129. The van der Waals surface area contributed by atoms with E-state index in [1.54, 1.807) is 0 Å². The Morgan fingerprint density at radius 2 is 1.04 bits per heavy atom. The quantitative estimate of drug-likeness (QED) is 0.181. The number of hydrogen-bond donors (Lipinski definition) is 0. The van der Waals surface area contributed by atoms with Gasteiger partial charge in [0.05, 0.1) is 11.0 Å². The van der Waals surface area contributed by atoms with Gasteiger partial charge in [-0.25, -0.2) is 0 Å². The summed E-state index contributed by atoms with van der Waals surface area (Å²) >= 11 is 0. The summed E-state index contributed by atoms with van der Waals surface area (Å²) in [4.78, 5) is 2.40. The second-order valence-corrected chi connectivity index (χ2v) is 15.3. The molecule has 0 amide bonds. The van der Waals surface area contributed by atoms with Gasteiger partial charge in [-0.15, -0.1) is 0 Å². The predicted octanol–water partition coefficient (Wildman–Crippen LogP) is 13.4. The average molecular weight is 647 g/mol. The Balaban J connectivity index is 1.26. The molecule has 2 nitrogen and oxygen atoms in total. The van der Waals surface area contributed by atoms with E-state index in [1.807, 2.05) is 0 Å². The van der Waals surface area contributed by atoms with Gasteiger partial charge in [0.15, 0.2) is 0 Å². The number of aromatic nitrogens is 1. The van der Waals surface area contributed by atoms with Crippen molar-refractivity contribution in [3.63, 3.8) is 0 Å². The van der Waals surface area contributed by atoms with Crippen LogP contribution in [-0.4, -0.2) is 4.57 Å². The van der Waals surface area contributed by atoms with Crippen LogP contribution >= 0.6 is 0 Å². The van der Waals surface area contributed by atoms with E-state index in [1.165, 1.54) is 73.4 Å². The molecule has 244 valence electrons. The molecule has 0 saturated heterocycles. The summed E-state index contributed by atoms with van der Waals surface area (Å²) in [5.74, 6) is 0. The smallest absolute Gasteiger partial charge is 0.0561 e. The third-order valence-electron chi connectivity index (χ3n) is 11.2. The molecule has 1 aromatic heterocycles. The summed E-state index contributed by atoms with van der Waals surface area (Å²) in [6, 6.07) is 58.1. The summed E-state index contributed by atoms with van der Waals surface area (Å²) in [5, 5.41) is 5.01. The van der Waals surface area contributed by atoms with Gasteiger partial charge in [0.2, 0.25) is 0 Å². The molecule has 0 aliphatic heterocycles. The van der Waals surface area contributed by atoms with Gasteiger partial charge in [-0.05, 0) is 111 Å². The maximum absolute atomic E-state index is 2.49. The number of para-hydroxylation sites is 1. The Morgan fingerprint density at radius 1 is 0.440 bits per heavy atom. The van der Waals surface area contributed by atoms with Crippen LogP contribution in [0.1, 0.15) is 51.7 Å². The number of fused-ring (bicyclic) bond motifs is 5. The zero-order valence-corrected chi connectivity index (χ0v) is 29.3. The lowest BCUT2D eigenvalue weighted by molar-refractivity contribution is 0.332. The van der Waals surface area contributed by atoms with Crippen LogP contribution in [0.3, 0.4) is 0 Å². The van der Waals surface area contributed by atoms with Crippen LogP contribution in [0.5, 0.6) is 0 Å². The molecule has 1 aliphatic rings. The van der Waals surface area contributed by atoms with Crippen molar-refractivity contribution < 1.29 is 0 Å². The SMILES string of the molecule is CC1(C)CCC(C)(C)c2cc(-n3c4ccccc4c4ccc(N(c5ccc(-c6ccccc6)cc5)c5ccc6ccccc6c5)cc43)ccc21. The van der Waals surface area contributed by atoms with Gasteiger partial charge in [-0.1, -0.05) is 131 Å². The van der Waals surface area contributed by atoms with Crippen molar-refractivity contribution in [2.45, 2.75) is 51.4 Å². The fourth-order valence-corrected chi connectivity index (χ4v) is 8.29. The van der Waals surface area contributed by atoms with E-state index >= 15 is 0 Å². The Morgan fingerprint density at radius 3 is 1.84 bits per heavy atom. The minimum absolute atomic E-state index is 0.129. The Kier molecular flexibility index (Phi) is 7.00. The van der Waals surface area contributed by atoms with E-state index in [0.717, 1.165) is 17.1 Å². The number of rotatable bonds is 5. The monoisotopic (exact) mass is 646 g/mol. The highest BCUT2D eigenvalue weighted by Gasteiger charge is 2.37. The molecule has 0 atom stereocenters. The molecule has 0 fully saturated rings. The van der Waals surface area contributed by atoms with Crippen LogP contribution in [0.25, 0.3) is 49.4 Å². The first-order valence-electron chi connectivity index (χ1n) is 17.9. The molecule has 0 saturated carbocycles. The third-order valence-corrected chi connectivity index (χ3v) is 11.2. The van der Waals surface area contributed by atoms with Crippen molar-refractivity contribution in [2.75, 3.05) is 4.90 Å². The standard InChI is InChI=1S/C48H42N2/c1-47(2)28-29-48(3,4)44-31-39(25-27-43(44)47)50-45-17-11-10-16-41(45)42-26-24-40(32-46(42)50)49(38-23-20-34-14-8-9-15-36(34)30-38)37-21-18-35(19-22-37)33-12-6-5-7-13-33/h5-27,30-32H,28-29H2,1-4H3. The molecule has 9 rings (SSSR count). The van der Waals surface area contributed by atoms with E-state index in [4.69, 9.17) is 0 Å². The maximum atomic E-state index is 2.49. The van der Waals surface area contributed by atoms with Gasteiger partial charge in [-0.2, -0.15) is 0 Å². The Labute approximate surface area is 295 Å². The van der Waals surface area contributed by atoms with Gasteiger partial charge in [0.25, 0.3) is 0 Å². The number of hydrogen-bond acceptors (Lipinski definition) is 1. The van der Waals surface area contributed by atoms with Gasteiger partial charge >= 0.3 is 0 Å². The largest absolute Gasteiger partial charge is 0.310 e. The lowest BCUT2D eigenvalue weighted by atomic mass is 9.63. The molecule has 0 spiro atoms. The van der Waals surface area contributed by atoms with Gasteiger partial charge in [-0.3, -0.25) is 0 Å². The normalized spacial score (nSPS) is 15.0. The van der Waals surface area contributed by atoms with Crippen molar-refractivity contribution in [3.8, 4) is 16.8 Å². The van der Waals surface area contributed by atoms with Crippen LogP contribution in [0.4, 0.5) is 17.1 Å². The highest BCUT2D eigenvalue weighted by molar-refractivity contribution is 6.10. The van der Waals surface area contributed by atoms with Gasteiger partial charge < -0.3 is 9.47 Å². The van der Waals surface area contributed by atoms with Crippen molar-refractivity contribution in [1.29, 1.82) is 0 Å². The van der Waals surface area contributed by atoms with Crippen LogP contribution in [-0.2, 0) is 10.8 Å². The van der Waals surface area contributed by atoms with Crippen molar-refractivity contribution in [2.24, 2.45) is 0 Å².